The number of aromatic nitrogens is 1. The highest BCUT2D eigenvalue weighted by Gasteiger charge is 2.17. The molecule has 3 rings (SSSR count). The standard InChI is InChI=1S/C14H11NO4S/c1-20-13-10(3-2-6-15-13)14(16)19-9-4-5-11-12(7-9)18-8-17-11/h2-7H,8H2,1H3. The maximum Gasteiger partial charge on any atom is 0.346 e. The Morgan fingerprint density at radius 3 is 3.00 bits per heavy atom. The van der Waals surface area contributed by atoms with Crippen molar-refractivity contribution < 1.29 is 19.0 Å². The molecule has 0 saturated heterocycles. The van der Waals surface area contributed by atoms with Crippen LogP contribution in [0, 0.1) is 0 Å². The van der Waals surface area contributed by atoms with Crippen LogP contribution in [-0.4, -0.2) is 24.0 Å². The van der Waals surface area contributed by atoms with E-state index in [1.54, 1.807) is 36.5 Å². The summed E-state index contributed by atoms with van der Waals surface area (Å²) in [4.78, 5) is 16.3. The van der Waals surface area contributed by atoms with Crippen molar-refractivity contribution in [2.24, 2.45) is 0 Å². The van der Waals surface area contributed by atoms with Gasteiger partial charge >= 0.3 is 5.97 Å². The lowest BCUT2D eigenvalue weighted by atomic mass is 10.3. The summed E-state index contributed by atoms with van der Waals surface area (Å²) in [5.74, 6) is 1.19. The van der Waals surface area contributed by atoms with Crippen LogP contribution in [0.5, 0.6) is 17.2 Å². The zero-order valence-corrected chi connectivity index (χ0v) is 11.5. The quantitative estimate of drug-likeness (QED) is 0.492. The predicted octanol–water partition coefficient (Wildman–Crippen LogP) is 2.75. The first-order valence-electron chi connectivity index (χ1n) is 5.89. The summed E-state index contributed by atoms with van der Waals surface area (Å²) >= 11 is 1.40. The number of carbonyl (C=O) groups excluding carboxylic acids is 1. The molecule has 0 spiro atoms. The van der Waals surface area contributed by atoms with E-state index in [1.165, 1.54) is 11.8 Å². The molecule has 20 heavy (non-hydrogen) atoms. The SMILES string of the molecule is CSc1ncccc1C(=O)Oc1ccc2c(c1)OCO2. The summed E-state index contributed by atoms with van der Waals surface area (Å²) in [7, 11) is 0. The highest BCUT2D eigenvalue weighted by Crippen LogP contribution is 2.35. The number of pyridine rings is 1. The highest BCUT2D eigenvalue weighted by atomic mass is 32.2. The number of ether oxygens (including phenoxy) is 3. The number of carbonyl (C=O) groups is 1. The zero-order chi connectivity index (χ0) is 13.9. The molecule has 0 atom stereocenters. The normalized spacial score (nSPS) is 12.2. The molecule has 102 valence electrons. The third kappa shape index (κ3) is 2.42. The average molecular weight is 289 g/mol. The van der Waals surface area contributed by atoms with Gasteiger partial charge in [-0.25, -0.2) is 9.78 Å². The van der Waals surface area contributed by atoms with Crippen molar-refractivity contribution in [1.82, 2.24) is 4.98 Å². The number of rotatable bonds is 3. The number of fused-ring (bicyclic) bond motifs is 1. The van der Waals surface area contributed by atoms with Gasteiger partial charge in [0.05, 0.1) is 5.56 Å². The molecule has 6 heteroatoms. The molecule has 0 amide bonds. The summed E-state index contributed by atoms with van der Waals surface area (Å²) in [6.07, 6.45) is 3.50. The van der Waals surface area contributed by atoms with E-state index in [1.807, 2.05) is 6.26 Å². The molecule has 2 aromatic rings. The molecule has 0 bridgehead atoms. The van der Waals surface area contributed by atoms with Crippen LogP contribution in [0.15, 0.2) is 41.6 Å². The Morgan fingerprint density at radius 2 is 2.15 bits per heavy atom. The van der Waals surface area contributed by atoms with Crippen molar-refractivity contribution in [3.63, 3.8) is 0 Å². The van der Waals surface area contributed by atoms with Crippen LogP contribution in [0.3, 0.4) is 0 Å². The third-order valence-corrected chi connectivity index (χ3v) is 3.45. The smallest absolute Gasteiger partial charge is 0.346 e. The summed E-state index contributed by atoms with van der Waals surface area (Å²) < 4.78 is 15.8. The molecular weight excluding hydrogens is 278 g/mol. The van der Waals surface area contributed by atoms with Crippen LogP contribution in [0.1, 0.15) is 10.4 Å². The van der Waals surface area contributed by atoms with Crippen LogP contribution in [-0.2, 0) is 0 Å². The van der Waals surface area contributed by atoms with E-state index in [4.69, 9.17) is 14.2 Å². The second-order valence-electron chi connectivity index (χ2n) is 3.96. The number of nitrogens with zero attached hydrogens (tertiary/aromatic N) is 1. The van der Waals surface area contributed by atoms with Crippen LogP contribution >= 0.6 is 11.8 Å². The van der Waals surface area contributed by atoms with E-state index in [0.717, 1.165) is 0 Å². The molecule has 1 aliphatic heterocycles. The van der Waals surface area contributed by atoms with Crippen molar-refractivity contribution in [2.45, 2.75) is 5.03 Å². The van der Waals surface area contributed by atoms with E-state index in [0.29, 0.717) is 27.8 Å². The minimum atomic E-state index is -0.443. The Morgan fingerprint density at radius 1 is 1.30 bits per heavy atom. The first-order chi connectivity index (χ1) is 9.78. The molecule has 0 unspecified atom stereocenters. The van der Waals surface area contributed by atoms with E-state index < -0.39 is 5.97 Å². The second-order valence-corrected chi connectivity index (χ2v) is 4.76. The van der Waals surface area contributed by atoms with Crippen LogP contribution in [0.25, 0.3) is 0 Å². The monoisotopic (exact) mass is 289 g/mol. The topological polar surface area (TPSA) is 57.7 Å². The van der Waals surface area contributed by atoms with E-state index >= 15 is 0 Å². The summed E-state index contributed by atoms with van der Waals surface area (Å²) in [5.41, 5.74) is 0.442. The van der Waals surface area contributed by atoms with Gasteiger partial charge in [-0.05, 0) is 30.5 Å². The molecule has 0 aliphatic carbocycles. The summed E-state index contributed by atoms with van der Waals surface area (Å²) in [6.45, 7) is 0.186. The number of hydrogen-bond acceptors (Lipinski definition) is 6. The minimum absolute atomic E-state index is 0.186. The Labute approximate surface area is 119 Å². The van der Waals surface area contributed by atoms with Crippen molar-refractivity contribution in [1.29, 1.82) is 0 Å². The molecule has 5 nitrogen and oxygen atoms in total. The third-order valence-electron chi connectivity index (χ3n) is 2.74. The average Bonchev–Trinajstić information content (AvgIpc) is 2.94. The predicted molar refractivity (Wildman–Crippen MR) is 73.5 cm³/mol. The van der Waals surface area contributed by atoms with Gasteiger partial charge in [0.1, 0.15) is 10.8 Å². The fraction of sp³-hybridized carbons (Fsp3) is 0.143. The minimum Gasteiger partial charge on any atom is -0.454 e. The zero-order valence-electron chi connectivity index (χ0n) is 10.7. The van der Waals surface area contributed by atoms with Crippen molar-refractivity contribution in [3.8, 4) is 17.2 Å². The largest absolute Gasteiger partial charge is 0.454 e. The molecule has 0 saturated carbocycles. The number of esters is 1. The Balaban J connectivity index is 1.82. The lowest BCUT2D eigenvalue weighted by Gasteiger charge is -2.07. The van der Waals surface area contributed by atoms with Gasteiger partial charge in [-0.2, -0.15) is 0 Å². The lowest BCUT2D eigenvalue weighted by Crippen LogP contribution is -2.10. The fourth-order valence-electron chi connectivity index (χ4n) is 1.81. The number of benzene rings is 1. The molecule has 1 aromatic heterocycles. The van der Waals surface area contributed by atoms with E-state index in [2.05, 4.69) is 4.98 Å². The van der Waals surface area contributed by atoms with Gasteiger partial charge < -0.3 is 14.2 Å². The van der Waals surface area contributed by atoms with Gasteiger partial charge in [0.25, 0.3) is 0 Å². The first kappa shape index (κ1) is 12.8. The van der Waals surface area contributed by atoms with Crippen molar-refractivity contribution in [3.05, 3.63) is 42.1 Å². The van der Waals surface area contributed by atoms with Gasteiger partial charge in [0.15, 0.2) is 11.5 Å². The lowest BCUT2D eigenvalue weighted by molar-refractivity contribution is 0.0730. The van der Waals surface area contributed by atoms with E-state index in [-0.39, 0.29) is 6.79 Å². The number of hydrogen-bond donors (Lipinski definition) is 0. The summed E-state index contributed by atoms with van der Waals surface area (Å²) in [6, 6.07) is 8.41. The van der Waals surface area contributed by atoms with E-state index in [9.17, 15) is 4.79 Å². The molecule has 0 fully saturated rings. The fourth-order valence-corrected chi connectivity index (χ4v) is 2.35. The van der Waals surface area contributed by atoms with Crippen molar-refractivity contribution in [2.75, 3.05) is 13.0 Å². The molecule has 1 aromatic carbocycles. The maximum absolute atomic E-state index is 12.1. The summed E-state index contributed by atoms with van der Waals surface area (Å²) in [5, 5.41) is 0.637. The highest BCUT2D eigenvalue weighted by molar-refractivity contribution is 7.98. The van der Waals surface area contributed by atoms with Gasteiger partial charge in [-0.1, -0.05) is 0 Å². The van der Waals surface area contributed by atoms with Gasteiger partial charge in [0.2, 0.25) is 6.79 Å². The molecule has 1 aliphatic rings. The van der Waals surface area contributed by atoms with Crippen LogP contribution < -0.4 is 14.2 Å². The van der Waals surface area contributed by atoms with Crippen LogP contribution in [0.2, 0.25) is 0 Å². The van der Waals surface area contributed by atoms with Crippen molar-refractivity contribution >= 4 is 17.7 Å². The molecule has 0 radical (unpaired) electrons. The Kier molecular flexibility index (Phi) is 3.47. The van der Waals surface area contributed by atoms with Gasteiger partial charge in [-0.3, -0.25) is 0 Å². The van der Waals surface area contributed by atoms with Gasteiger partial charge in [0, 0.05) is 12.3 Å². The molecule has 2 heterocycles. The first-order valence-corrected chi connectivity index (χ1v) is 7.11. The molecular formula is C14H11NO4S. The van der Waals surface area contributed by atoms with Gasteiger partial charge in [-0.15, -0.1) is 11.8 Å². The number of thioether (sulfide) groups is 1. The second kappa shape index (κ2) is 5.42. The maximum atomic E-state index is 12.1. The van der Waals surface area contributed by atoms with Crippen LogP contribution in [0.4, 0.5) is 0 Å². The Bertz CT molecular complexity index is 659. The Hall–Kier alpha value is -2.21. The molecule has 0 N–H and O–H groups in total.